The molecule has 0 rings (SSSR count). The SMILES string of the molecule is CC(C)[C@@H](CO)NCC(O)C(F)(F)F. The van der Waals surface area contributed by atoms with Gasteiger partial charge in [0, 0.05) is 12.6 Å². The summed E-state index contributed by atoms with van der Waals surface area (Å²) in [7, 11) is 0. The quantitative estimate of drug-likeness (QED) is 0.626. The number of halogens is 3. The third kappa shape index (κ3) is 4.78. The van der Waals surface area contributed by atoms with Gasteiger partial charge in [0.1, 0.15) is 0 Å². The van der Waals surface area contributed by atoms with Crippen molar-refractivity contribution in [2.24, 2.45) is 5.92 Å². The number of rotatable bonds is 5. The highest BCUT2D eigenvalue weighted by molar-refractivity contribution is 4.74. The first kappa shape index (κ1) is 13.7. The first-order valence-corrected chi connectivity index (χ1v) is 4.38. The second-order valence-electron chi connectivity index (χ2n) is 3.50. The van der Waals surface area contributed by atoms with Crippen LogP contribution in [0.3, 0.4) is 0 Å². The highest BCUT2D eigenvalue weighted by Gasteiger charge is 2.38. The van der Waals surface area contributed by atoms with Gasteiger partial charge in [0.05, 0.1) is 6.61 Å². The van der Waals surface area contributed by atoms with Gasteiger partial charge in [0.15, 0.2) is 6.10 Å². The number of hydrogen-bond acceptors (Lipinski definition) is 3. The summed E-state index contributed by atoms with van der Waals surface area (Å²) in [5.41, 5.74) is 0. The Morgan fingerprint density at radius 1 is 1.29 bits per heavy atom. The topological polar surface area (TPSA) is 52.5 Å². The fourth-order valence-electron chi connectivity index (χ4n) is 0.890. The zero-order valence-electron chi connectivity index (χ0n) is 8.17. The Hall–Kier alpha value is -0.330. The third-order valence-electron chi connectivity index (χ3n) is 1.95. The summed E-state index contributed by atoms with van der Waals surface area (Å²) in [4.78, 5) is 0. The van der Waals surface area contributed by atoms with Crippen molar-refractivity contribution < 1.29 is 23.4 Å². The lowest BCUT2D eigenvalue weighted by atomic mass is 10.1. The molecule has 0 spiro atoms. The van der Waals surface area contributed by atoms with Crippen molar-refractivity contribution in [1.82, 2.24) is 5.32 Å². The molecule has 0 saturated heterocycles. The molecule has 3 nitrogen and oxygen atoms in total. The number of nitrogens with one attached hydrogen (secondary N) is 1. The van der Waals surface area contributed by atoms with Crippen molar-refractivity contribution in [3.05, 3.63) is 0 Å². The van der Waals surface area contributed by atoms with Crippen LogP contribution in [-0.2, 0) is 0 Å². The van der Waals surface area contributed by atoms with Crippen LogP contribution < -0.4 is 5.32 Å². The molecule has 0 heterocycles. The Morgan fingerprint density at radius 2 is 1.79 bits per heavy atom. The molecule has 0 aliphatic heterocycles. The molecule has 0 saturated carbocycles. The zero-order chi connectivity index (χ0) is 11.4. The summed E-state index contributed by atoms with van der Waals surface area (Å²) in [6.07, 6.45) is -6.99. The smallest absolute Gasteiger partial charge is 0.395 e. The normalized spacial score (nSPS) is 17.1. The Bertz CT molecular complexity index is 159. The van der Waals surface area contributed by atoms with E-state index in [0.717, 1.165) is 0 Å². The molecule has 0 aromatic heterocycles. The maximum Gasteiger partial charge on any atom is 0.415 e. The molecule has 0 aromatic rings. The molecular formula is C8H16F3NO2. The Balaban J connectivity index is 3.92. The molecule has 0 aromatic carbocycles. The second-order valence-corrected chi connectivity index (χ2v) is 3.50. The fourth-order valence-corrected chi connectivity index (χ4v) is 0.890. The maximum atomic E-state index is 11.9. The van der Waals surface area contributed by atoms with Crippen molar-refractivity contribution >= 4 is 0 Å². The average molecular weight is 215 g/mol. The number of alkyl halides is 3. The van der Waals surface area contributed by atoms with E-state index in [0.29, 0.717) is 0 Å². The Kier molecular flexibility index (Phi) is 5.40. The highest BCUT2D eigenvalue weighted by Crippen LogP contribution is 2.19. The van der Waals surface area contributed by atoms with E-state index < -0.39 is 24.9 Å². The van der Waals surface area contributed by atoms with Gasteiger partial charge in [0.25, 0.3) is 0 Å². The van der Waals surface area contributed by atoms with Gasteiger partial charge < -0.3 is 15.5 Å². The molecule has 0 aliphatic rings. The molecule has 0 amide bonds. The molecule has 86 valence electrons. The van der Waals surface area contributed by atoms with Crippen LogP contribution in [0.2, 0.25) is 0 Å². The van der Waals surface area contributed by atoms with Crippen LogP contribution in [0.25, 0.3) is 0 Å². The lowest BCUT2D eigenvalue weighted by Crippen LogP contribution is -2.45. The van der Waals surface area contributed by atoms with Gasteiger partial charge in [-0.15, -0.1) is 0 Å². The van der Waals surface area contributed by atoms with E-state index >= 15 is 0 Å². The van der Waals surface area contributed by atoms with E-state index in [1.165, 1.54) is 0 Å². The number of aliphatic hydroxyl groups excluding tert-OH is 2. The lowest BCUT2D eigenvalue weighted by molar-refractivity contribution is -0.202. The Morgan fingerprint density at radius 3 is 2.07 bits per heavy atom. The predicted octanol–water partition coefficient (Wildman–Crippen LogP) is 0.516. The molecule has 3 N–H and O–H groups in total. The van der Waals surface area contributed by atoms with E-state index in [4.69, 9.17) is 10.2 Å². The summed E-state index contributed by atoms with van der Waals surface area (Å²) in [5.74, 6) is 0.0143. The molecule has 0 fully saturated rings. The molecule has 6 heteroatoms. The van der Waals surface area contributed by atoms with E-state index in [1.807, 2.05) is 0 Å². The van der Waals surface area contributed by atoms with Crippen LogP contribution in [-0.4, -0.2) is 41.7 Å². The summed E-state index contributed by atoms with van der Waals surface area (Å²) in [6, 6.07) is -0.424. The van der Waals surface area contributed by atoms with Gasteiger partial charge >= 0.3 is 6.18 Å². The standard InChI is InChI=1S/C8H16F3NO2/c1-5(2)6(4-13)12-3-7(14)8(9,10)11/h5-7,12-14H,3-4H2,1-2H3/t6-,7?/m1/s1. The molecular weight excluding hydrogens is 199 g/mol. The summed E-state index contributed by atoms with van der Waals surface area (Å²) < 4.78 is 35.6. The first-order valence-electron chi connectivity index (χ1n) is 4.38. The van der Waals surface area contributed by atoms with Gasteiger partial charge in [-0.25, -0.2) is 0 Å². The van der Waals surface area contributed by atoms with Gasteiger partial charge in [-0.1, -0.05) is 13.8 Å². The maximum absolute atomic E-state index is 11.9. The van der Waals surface area contributed by atoms with Crippen LogP contribution in [0.4, 0.5) is 13.2 Å². The lowest BCUT2D eigenvalue weighted by Gasteiger charge is -2.22. The van der Waals surface area contributed by atoms with E-state index in [9.17, 15) is 13.2 Å². The molecule has 2 atom stereocenters. The fraction of sp³-hybridized carbons (Fsp3) is 1.00. The predicted molar refractivity (Wildman–Crippen MR) is 45.8 cm³/mol. The minimum Gasteiger partial charge on any atom is -0.395 e. The van der Waals surface area contributed by atoms with E-state index in [2.05, 4.69) is 5.32 Å². The van der Waals surface area contributed by atoms with Crippen molar-refractivity contribution in [3.8, 4) is 0 Å². The first-order chi connectivity index (χ1) is 6.29. The Labute approximate surface area is 80.9 Å². The molecule has 0 radical (unpaired) electrons. The van der Waals surface area contributed by atoms with Gasteiger partial charge in [-0.3, -0.25) is 0 Å². The van der Waals surface area contributed by atoms with E-state index in [-0.39, 0.29) is 12.5 Å². The molecule has 1 unspecified atom stereocenters. The van der Waals surface area contributed by atoms with Crippen LogP contribution in [0.1, 0.15) is 13.8 Å². The summed E-state index contributed by atoms with van der Waals surface area (Å²) in [5, 5.41) is 19.9. The minimum absolute atomic E-state index is 0.0143. The van der Waals surface area contributed by atoms with Crippen molar-refractivity contribution in [3.63, 3.8) is 0 Å². The second kappa shape index (κ2) is 5.53. The summed E-state index contributed by atoms with van der Waals surface area (Å²) >= 11 is 0. The van der Waals surface area contributed by atoms with E-state index in [1.54, 1.807) is 13.8 Å². The number of aliphatic hydroxyl groups is 2. The highest BCUT2D eigenvalue weighted by atomic mass is 19.4. The third-order valence-corrected chi connectivity index (χ3v) is 1.95. The monoisotopic (exact) mass is 215 g/mol. The van der Waals surface area contributed by atoms with Crippen molar-refractivity contribution in [2.45, 2.75) is 32.2 Å². The van der Waals surface area contributed by atoms with Gasteiger partial charge in [-0.2, -0.15) is 13.2 Å². The number of hydrogen-bond donors (Lipinski definition) is 3. The molecule has 0 aliphatic carbocycles. The van der Waals surface area contributed by atoms with Gasteiger partial charge in [-0.05, 0) is 5.92 Å². The van der Waals surface area contributed by atoms with Gasteiger partial charge in [0.2, 0.25) is 0 Å². The van der Waals surface area contributed by atoms with Crippen LogP contribution in [0, 0.1) is 5.92 Å². The van der Waals surface area contributed by atoms with Crippen molar-refractivity contribution in [2.75, 3.05) is 13.2 Å². The van der Waals surface area contributed by atoms with Crippen molar-refractivity contribution in [1.29, 1.82) is 0 Å². The average Bonchev–Trinajstić information content (AvgIpc) is 2.02. The minimum atomic E-state index is -4.61. The van der Waals surface area contributed by atoms with Crippen LogP contribution in [0.15, 0.2) is 0 Å². The summed E-state index contributed by atoms with van der Waals surface area (Å²) in [6.45, 7) is 2.71. The molecule has 14 heavy (non-hydrogen) atoms. The molecule has 0 bridgehead atoms. The largest absolute Gasteiger partial charge is 0.415 e. The zero-order valence-corrected chi connectivity index (χ0v) is 8.17. The van der Waals surface area contributed by atoms with Crippen LogP contribution >= 0.6 is 0 Å². The van der Waals surface area contributed by atoms with Crippen LogP contribution in [0.5, 0.6) is 0 Å².